The van der Waals surface area contributed by atoms with E-state index in [1.165, 1.54) is 6.07 Å². The van der Waals surface area contributed by atoms with E-state index < -0.39 is 17.7 Å². The molecule has 0 bridgehead atoms. The van der Waals surface area contributed by atoms with Crippen molar-refractivity contribution >= 4 is 5.91 Å². The van der Waals surface area contributed by atoms with E-state index in [4.69, 9.17) is 0 Å². The van der Waals surface area contributed by atoms with Crippen molar-refractivity contribution in [3.63, 3.8) is 0 Å². The molecule has 1 aromatic rings. The summed E-state index contributed by atoms with van der Waals surface area (Å²) in [4.78, 5) is 13.2. The minimum Gasteiger partial charge on any atom is -0.392 e. The van der Waals surface area contributed by atoms with Crippen molar-refractivity contribution in [2.45, 2.75) is 25.0 Å². The van der Waals surface area contributed by atoms with E-state index in [2.05, 4.69) is 5.32 Å². The summed E-state index contributed by atoms with van der Waals surface area (Å²) in [6.45, 7) is 0.904. The smallest absolute Gasteiger partial charge is 0.221 e. The maximum Gasteiger partial charge on any atom is 0.221 e. The average Bonchev–Trinajstić information content (AvgIpc) is 2.80. The molecule has 1 fully saturated rings. The van der Waals surface area contributed by atoms with Gasteiger partial charge in [-0.1, -0.05) is 6.07 Å². The van der Waals surface area contributed by atoms with Crippen molar-refractivity contribution in [2.75, 3.05) is 20.1 Å². The van der Waals surface area contributed by atoms with Crippen LogP contribution in [0.3, 0.4) is 0 Å². The quantitative estimate of drug-likeness (QED) is 0.874. The first-order valence-electron chi connectivity index (χ1n) is 6.59. The number of hydrogen-bond acceptors (Lipinski definition) is 3. The highest BCUT2D eigenvalue weighted by Gasteiger charge is 2.32. The second-order valence-corrected chi connectivity index (χ2v) is 5.00. The largest absolute Gasteiger partial charge is 0.392 e. The van der Waals surface area contributed by atoms with Crippen LogP contribution in [0.15, 0.2) is 18.2 Å². The summed E-state index contributed by atoms with van der Waals surface area (Å²) in [5, 5.41) is 12.3. The molecule has 6 heteroatoms. The molecule has 1 saturated heterocycles. The van der Waals surface area contributed by atoms with Crippen LogP contribution in [0.1, 0.15) is 24.4 Å². The van der Waals surface area contributed by atoms with Gasteiger partial charge in [-0.25, -0.2) is 8.78 Å². The van der Waals surface area contributed by atoms with Crippen LogP contribution in [0.5, 0.6) is 0 Å². The fourth-order valence-electron chi connectivity index (χ4n) is 2.56. The number of likely N-dealkylation sites (tertiary alicyclic amines) is 1. The van der Waals surface area contributed by atoms with E-state index in [1.807, 2.05) is 4.90 Å². The summed E-state index contributed by atoms with van der Waals surface area (Å²) in [7, 11) is 1.56. The van der Waals surface area contributed by atoms with Crippen molar-refractivity contribution < 1.29 is 18.7 Å². The van der Waals surface area contributed by atoms with Crippen LogP contribution in [-0.2, 0) is 4.79 Å². The monoisotopic (exact) mass is 284 g/mol. The first-order valence-corrected chi connectivity index (χ1v) is 6.59. The Hall–Kier alpha value is -1.53. The number of carbonyl (C=O) groups is 1. The molecule has 0 spiro atoms. The third-order valence-corrected chi connectivity index (χ3v) is 3.61. The Bertz CT molecular complexity index is 496. The van der Waals surface area contributed by atoms with Gasteiger partial charge in [-0.15, -0.1) is 0 Å². The van der Waals surface area contributed by atoms with Gasteiger partial charge < -0.3 is 10.4 Å². The number of rotatable bonds is 4. The number of halogens is 2. The number of aliphatic hydroxyl groups excluding tert-OH is 1. The first kappa shape index (κ1) is 14.9. The molecule has 2 rings (SSSR count). The van der Waals surface area contributed by atoms with E-state index in [9.17, 15) is 18.7 Å². The standard InChI is InChI=1S/C14H18F2N2O2/c1-17-14(20)4-5-18-8-10(19)7-13(18)9-2-3-11(15)12(16)6-9/h2-3,6,10,13,19H,4-5,7-8H2,1H3,(H,17,20)/t10-,13+/m1/s1. The molecule has 0 aromatic heterocycles. The number of benzene rings is 1. The summed E-state index contributed by atoms with van der Waals surface area (Å²) in [6, 6.07) is 3.58. The maximum absolute atomic E-state index is 13.3. The fraction of sp³-hybridized carbons (Fsp3) is 0.500. The van der Waals surface area contributed by atoms with Crippen molar-refractivity contribution in [2.24, 2.45) is 0 Å². The highest BCUT2D eigenvalue weighted by Crippen LogP contribution is 2.32. The topological polar surface area (TPSA) is 52.6 Å². The number of carbonyl (C=O) groups excluding carboxylic acids is 1. The van der Waals surface area contributed by atoms with Crippen LogP contribution in [0, 0.1) is 11.6 Å². The first-order chi connectivity index (χ1) is 9.51. The van der Waals surface area contributed by atoms with E-state index in [0.717, 1.165) is 12.1 Å². The molecule has 0 aliphatic carbocycles. The Labute approximate surface area is 116 Å². The Morgan fingerprint density at radius 1 is 1.45 bits per heavy atom. The summed E-state index contributed by atoms with van der Waals surface area (Å²) >= 11 is 0. The highest BCUT2D eigenvalue weighted by atomic mass is 19.2. The molecule has 0 saturated carbocycles. The number of β-amino-alcohol motifs (C(OH)–C–C–N with tert-alkyl or cyclic N) is 1. The summed E-state index contributed by atoms with van der Waals surface area (Å²) in [5.41, 5.74) is 0.623. The zero-order valence-electron chi connectivity index (χ0n) is 11.3. The minimum atomic E-state index is -0.893. The zero-order valence-corrected chi connectivity index (χ0v) is 11.3. The molecule has 1 aliphatic heterocycles. The predicted octanol–water partition coefficient (Wildman–Crippen LogP) is 1.21. The van der Waals surface area contributed by atoms with Gasteiger partial charge in [0, 0.05) is 32.6 Å². The van der Waals surface area contributed by atoms with Gasteiger partial charge in [0.2, 0.25) is 5.91 Å². The molecule has 1 heterocycles. The second kappa shape index (κ2) is 6.28. The van der Waals surface area contributed by atoms with Gasteiger partial charge in [-0.05, 0) is 24.1 Å². The Balaban J connectivity index is 2.11. The SMILES string of the molecule is CNC(=O)CCN1C[C@H](O)C[C@H]1c1ccc(F)c(F)c1. The molecule has 0 radical (unpaired) electrons. The van der Waals surface area contributed by atoms with Gasteiger partial charge >= 0.3 is 0 Å². The normalized spacial score (nSPS) is 23.0. The van der Waals surface area contributed by atoms with Gasteiger partial charge in [0.15, 0.2) is 11.6 Å². The average molecular weight is 284 g/mol. The molecule has 0 unspecified atom stereocenters. The van der Waals surface area contributed by atoms with E-state index in [0.29, 0.717) is 31.5 Å². The molecule has 2 atom stereocenters. The highest BCUT2D eigenvalue weighted by molar-refractivity contribution is 5.75. The Morgan fingerprint density at radius 2 is 2.20 bits per heavy atom. The Morgan fingerprint density at radius 3 is 2.85 bits per heavy atom. The van der Waals surface area contributed by atoms with Crippen molar-refractivity contribution in [1.82, 2.24) is 10.2 Å². The zero-order chi connectivity index (χ0) is 14.7. The van der Waals surface area contributed by atoms with Crippen molar-refractivity contribution in [3.8, 4) is 0 Å². The van der Waals surface area contributed by atoms with E-state index in [1.54, 1.807) is 7.05 Å². The van der Waals surface area contributed by atoms with Gasteiger partial charge in [0.25, 0.3) is 0 Å². The lowest BCUT2D eigenvalue weighted by molar-refractivity contribution is -0.121. The summed E-state index contributed by atoms with van der Waals surface area (Å²) < 4.78 is 26.3. The third-order valence-electron chi connectivity index (χ3n) is 3.61. The van der Waals surface area contributed by atoms with Crippen molar-refractivity contribution in [1.29, 1.82) is 0 Å². The second-order valence-electron chi connectivity index (χ2n) is 5.00. The summed E-state index contributed by atoms with van der Waals surface area (Å²) in [5.74, 6) is -1.87. The molecule has 20 heavy (non-hydrogen) atoms. The summed E-state index contributed by atoms with van der Waals surface area (Å²) in [6.07, 6.45) is 0.250. The molecule has 110 valence electrons. The van der Waals surface area contributed by atoms with Gasteiger partial charge in [-0.3, -0.25) is 9.69 Å². The van der Waals surface area contributed by atoms with Crippen LogP contribution >= 0.6 is 0 Å². The number of amides is 1. The molecular formula is C14H18F2N2O2. The van der Waals surface area contributed by atoms with Crippen molar-refractivity contribution in [3.05, 3.63) is 35.4 Å². The van der Waals surface area contributed by atoms with E-state index >= 15 is 0 Å². The van der Waals surface area contributed by atoms with Crippen LogP contribution in [-0.4, -0.2) is 42.2 Å². The lowest BCUT2D eigenvalue weighted by atomic mass is 10.0. The minimum absolute atomic E-state index is 0.0876. The van der Waals surface area contributed by atoms with E-state index in [-0.39, 0.29) is 11.9 Å². The maximum atomic E-state index is 13.3. The van der Waals surface area contributed by atoms with Crippen LogP contribution < -0.4 is 5.32 Å². The fourth-order valence-corrected chi connectivity index (χ4v) is 2.56. The lowest BCUT2D eigenvalue weighted by Crippen LogP contribution is -2.30. The van der Waals surface area contributed by atoms with Gasteiger partial charge in [0.05, 0.1) is 6.10 Å². The number of nitrogens with one attached hydrogen (secondary N) is 1. The number of aliphatic hydroxyl groups is 1. The van der Waals surface area contributed by atoms with Crippen LogP contribution in [0.25, 0.3) is 0 Å². The van der Waals surface area contributed by atoms with Crippen LogP contribution in [0.2, 0.25) is 0 Å². The molecule has 2 N–H and O–H groups in total. The predicted molar refractivity (Wildman–Crippen MR) is 70.0 cm³/mol. The van der Waals surface area contributed by atoms with Gasteiger partial charge in [-0.2, -0.15) is 0 Å². The lowest BCUT2D eigenvalue weighted by Gasteiger charge is -2.24. The number of hydrogen-bond donors (Lipinski definition) is 2. The van der Waals surface area contributed by atoms with Crippen LogP contribution in [0.4, 0.5) is 8.78 Å². The van der Waals surface area contributed by atoms with Gasteiger partial charge in [0.1, 0.15) is 0 Å². The molecule has 1 amide bonds. The number of nitrogens with zero attached hydrogens (tertiary/aromatic N) is 1. The molecule has 1 aliphatic rings. The molecular weight excluding hydrogens is 266 g/mol. The molecule has 1 aromatic carbocycles. The molecule has 4 nitrogen and oxygen atoms in total. The third kappa shape index (κ3) is 3.32. The Kier molecular flexibility index (Phi) is 4.67.